The van der Waals surface area contributed by atoms with Crippen molar-refractivity contribution in [3.05, 3.63) is 71.5 Å². The van der Waals surface area contributed by atoms with E-state index in [4.69, 9.17) is 10.5 Å². The predicted octanol–water partition coefficient (Wildman–Crippen LogP) is 3.69. The van der Waals surface area contributed by atoms with Crippen LogP contribution in [-0.2, 0) is 4.74 Å². The number of esters is 1. The number of nitrogens with zero attached hydrogens (tertiary/aromatic N) is 2. The molecule has 124 valence electrons. The van der Waals surface area contributed by atoms with Crippen molar-refractivity contribution >= 4 is 11.7 Å². The molecule has 0 atom stereocenters. The molecule has 0 fully saturated rings. The largest absolute Gasteiger partial charge is 0.464 e. The molecule has 0 aliphatic rings. The van der Waals surface area contributed by atoms with Crippen molar-refractivity contribution in [2.45, 2.75) is 6.92 Å². The van der Waals surface area contributed by atoms with E-state index in [1.807, 2.05) is 61.5 Å². The number of nitrogen functional groups attached to an aromatic ring is 1. The van der Waals surface area contributed by atoms with Crippen LogP contribution in [0.1, 0.15) is 21.6 Å². The van der Waals surface area contributed by atoms with Gasteiger partial charge < -0.3 is 15.0 Å². The molecule has 0 aliphatic carbocycles. The molecule has 0 spiro atoms. The van der Waals surface area contributed by atoms with Crippen LogP contribution in [0.15, 0.2) is 54.7 Å². The number of aryl methyl sites for hydroxylation is 1. The Labute approximate surface area is 145 Å². The Morgan fingerprint density at radius 3 is 2.48 bits per heavy atom. The second-order valence-corrected chi connectivity index (χ2v) is 5.66. The highest BCUT2D eigenvalue weighted by Gasteiger charge is 2.23. The van der Waals surface area contributed by atoms with E-state index in [1.54, 1.807) is 10.8 Å². The second-order valence-electron chi connectivity index (χ2n) is 5.66. The SMILES string of the molecule is COC(=O)c1c(N)c(C#N)cn1-c1ccccc1-c1ccc(C)cc1. The van der Waals surface area contributed by atoms with Crippen LogP contribution in [0.3, 0.4) is 0 Å². The van der Waals surface area contributed by atoms with Crippen LogP contribution < -0.4 is 5.73 Å². The Kier molecular flexibility index (Phi) is 4.27. The minimum absolute atomic E-state index is 0.119. The van der Waals surface area contributed by atoms with Gasteiger partial charge in [0.2, 0.25) is 0 Å². The van der Waals surface area contributed by atoms with E-state index in [9.17, 15) is 10.1 Å². The zero-order valence-electron chi connectivity index (χ0n) is 14.0. The Morgan fingerprint density at radius 1 is 1.16 bits per heavy atom. The van der Waals surface area contributed by atoms with Crippen LogP contribution in [0.25, 0.3) is 16.8 Å². The summed E-state index contributed by atoms with van der Waals surface area (Å²) in [6.45, 7) is 2.02. The highest BCUT2D eigenvalue weighted by atomic mass is 16.5. The smallest absolute Gasteiger partial charge is 0.357 e. The molecule has 2 N–H and O–H groups in total. The molecule has 0 radical (unpaired) electrons. The molecule has 0 saturated carbocycles. The number of carbonyl (C=O) groups excluding carboxylic acids is 1. The van der Waals surface area contributed by atoms with Crippen LogP contribution >= 0.6 is 0 Å². The molecular formula is C20H17N3O2. The van der Waals surface area contributed by atoms with Crippen LogP contribution in [0.4, 0.5) is 5.69 Å². The van der Waals surface area contributed by atoms with E-state index < -0.39 is 5.97 Å². The molecule has 2 aromatic carbocycles. The van der Waals surface area contributed by atoms with E-state index >= 15 is 0 Å². The van der Waals surface area contributed by atoms with Gasteiger partial charge in [-0.05, 0) is 18.6 Å². The third-order valence-electron chi connectivity index (χ3n) is 4.07. The van der Waals surface area contributed by atoms with Gasteiger partial charge >= 0.3 is 5.97 Å². The first-order chi connectivity index (χ1) is 12.1. The van der Waals surface area contributed by atoms with Gasteiger partial charge in [0.25, 0.3) is 0 Å². The van der Waals surface area contributed by atoms with Gasteiger partial charge in [0.15, 0.2) is 5.69 Å². The number of nitriles is 1. The average molecular weight is 331 g/mol. The highest BCUT2D eigenvalue weighted by Crippen LogP contribution is 2.31. The third-order valence-corrected chi connectivity index (χ3v) is 4.07. The fraction of sp³-hybridized carbons (Fsp3) is 0.100. The first-order valence-electron chi connectivity index (χ1n) is 7.72. The monoisotopic (exact) mass is 331 g/mol. The molecule has 1 aromatic heterocycles. The van der Waals surface area contributed by atoms with E-state index in [1.165, 1.54) is 7.11 Å². The number of carbonyl (C=O) groups is 1. The summed E-state index contributed by atoms with van der Waals surface area (Å²) in [7, 11) is 1.29. The van der Waals surface area contributed by atoms with Crippen molar-refractivity contribution in [3.63, 3.8) is 0 Å². The minimum Gasteiger partial charge on any atom is -0.464 e. The van der Waals surface area contributed by atoms with Crippen LogP contribution in [0.5, 0.6) is 0 Å². The molecule has 0 amide bonds. The molecule has 25 heavy (non-hydrogen) atoms. The quantitative estimate of drug-likeness (QED) is 0.742. The molecule has 0 saturated heterocycles. The Morgan fingerprint density at radius 2 is 1.84 bits per heavy atom. The number of ether oxygens (including phenoxy) is 1. The first-order valence-corrected chi connectivity index (χ1v) is 7.72. The lowest BCUT2D eigenvalue weighted by atomic mass is 10.0. The summed E-state index contributed by atoms with van der Waals surface area (Å²) in [6, 6.07) is 17.7. The van der Waals surface area contributed by atoms with Gasteiger partial charge in [-0.3, -0.25) is 0 Å². The Balaban J connectivity index is 2.27. The van der Waals surface area contributed by atoms with Crippen molar-refractivity contribution in [1.82, 2.24) is 4.57 Å². The Hall–Kier alpha value is -3.52. The average Bonchev–Trinajstić information content (AvgIpc) is 2.98. The minimum atomic E-state index is -0.585. The zero-order chi connectivity index (χ0) is 18.0. The number of aromatic nitrogens is 1. The number of methoxy groups -OCH3 is 1. The van der Waals surface area contributed by atoms with Crippen molar-refractivity contribution in [2.75, 3.05) is 12.8 Å². The molecular weight excluding hydrogens is 314 g/mol. The number of rotatable bonds is 3. The zero-order valence-corrected chi connectivity index (χ0v) is 14.0. The fourth-order valence-electron chi connectivity index (χ4n) is 2.77. The standard InChI is InChI=1S/C20H17N3O2/c1-13-7-9-14(10-8-13)16-5-3-4-6-17(16)23-12-15(11-21)18(22)19(23)20(24)25-2/h3-10,12H,22H2,1-2H3. The lowest BCUT2D eigenvalue weighted by Crippen LogP contribution is -2.11. The van der Waals surface area contributed by atoms with E-state index in [-0.39, 0.29) is 16.9 Å². The van der Waals surface area contributed by atoms with Gasteiger partial charge in [-0.1, -0.05) is 48.0 Å². The molecule has 3 rings (SSSR count). The molecule has 0 bridgehead atoms. The lowest BCUT2D eigenvalue weighted by molar-refractivity contribution is 0.0593. The van der Waals surface area contributed by atoms with Gasteiger partial charge in [-0.25, -0.2) is 4.79 Å². The summed E-state index contributed by atoms with van der Waals surface area (Å²) >= 11 is 0. The number of anilines is 1. The molecule has 5 nitrogen and oxygen atoms in total. The summed E-state index contributed by atoms with van der Waals surface area (Å²) in [5.74, 6) is -0.585. The topological polar surface area (TPSA) is 81.0 Å². The summed E-state index contributed by atoms with van der Waals surface area (Å²) in [5.41, 5.74) is 10.3. The number of hydrogen-bond acceptors (Lipinski definition) is 4. The van der Waals surface area contributed by atoms with Crippen LogP contribution in [-0.4, -0.2) is 17.6 Å². The molecule has 0 unspecified atom stereocenters. The summed E-state index contributed by atoms with van der Waals surface area (Å²) in [5, 5.41) is 9.28. The Bertz CT molecular complexity index is 979. The maximum Gasteiger partial charge on any atom is 0.357 e. The van der Waals surface area contributed by atoms with Gasteiger partial charge in [-0.2, -0.15) is 5.26 Å². The number of hydrogen-bond donors (Lipinski definition) is 1. The second kappa shape index (κ2) is 6.54. The van der Waals surface area contributed by atoms with Crippen LogP contribution in [0.2, 0.25) is 0 Å². The normalized spacial score (nSPS) is 10.3. The van der Waals surface area contributed by atoms with Crippen molar-refractivity contribution in [2.24, 2.45) is 0 Å². The highest BCUT2D eigenvalue weighted by molar-refractivity contribution is 5.96. The fourth-order valence-corrected chi connectivity index (χ4v) is 2.77. The summed E-state index contributed by atoms with van der Waals surface area (Å²) in [4.78, 5) is 12.2. The molecule has 1 heterocycles. The number of nitrogens with two attached hydrogens (primary N) is 1. The molecule has 0 aliphatic heterocycles. The number of benzene rings is 2. The maximum absolute atomic E-state index is 12.2. The van der Waals surface area contributed by atoms with Gasteiger partial charge in [0.1, 0.15) is 6.07 Å². The van der Waals surface area contributed by atoms with E-state index in [2.05, 4.69) is 0 Å². The van der Waals surface area contributed by atoms with Gasteiger partial charge in [0, 0.05) is 11.8 Å². The maximum atomic E-state index is 12.2. The van der Waals surface area contributed by atoms with Gasteiger partial charge in [-0.15, -0.1) is 0 Å². The van der Waals surface area contributed by atoms with Crippen molar-refractivity contribution < 1.29 is 9.53 Å². The lowest BCUT2D eigenvalue weighted by Gasteiger charge is -2.14. The van der Waals surface area contributed by atoms with Crippen molar-refractivity contribution in [1.29, 1.82) is 5.26 Å². The van der Waals surface area contributed by atoms with Crippen molar-refractivity contribution in [3.8, 4) is 22.9 Å². The summed E-state index contributed by atoms with van der Waals surface area (Å²) in [6.07, 6.45) is 1.56. The predicted molar refractivity (Wildman–Crippen MR) is 96.4 cm³/mol. The van der Waals surface area contributed by atoms with E-state index in [0.29, 0.717) is 0 Å². The van der Waals surface area contributed by atoms with Gasteiger partial charge in [0.05, 0.1) is 24.0 Å². The first kappa shape index (κ1) is 16.3. The molecule has 5 heteroatoms. The van der Waals surface area contributed by atoms with E-state index in [0.717, 1.165) is 22.4 Å². The molecule has 3 aromatic rings. The summed E-state index contributed by atoms with van der Waals surface area (Å²) < 4.78 is 6.47. The van der Waals surface area contributed by atoms with Crippen LogP contribution in [0, 0.1) is 18.3 Å². The third kappa shape index (κ3) is 2.86. The number of para-hydroxylation sites is 1.